The van der Waals surface area contributed by atoms with Crippen molar-refractivity contribution in [1.29, 1.82) is 0 Å². The molecule has 0 spiro atoms. The van der Waals surface area contributed by atoms with E-state index in [0.29, 0.717) is 22.3 Å². The summed E-state index contributed by atoms with van der Waals surface area (Å²) in [5, 5.41) is 2.64. The largest absolute Gasteiger partial charge is 0.368 e. The summed E-state index contributed by atoms with van der Waals surface area (Å²) in [6.45, 7) is 1.11. The molecule has 11 heteroatoms. The van der Waals surface area contributed by atoms with Gasteiger partial charge in [0.05, 0.1) is 10.8 Å². The number of benzene rings is 3. The van der Waals surface area contributed by atoms with Crippen molar-refractivity contribution in [2.75, 3.05) is 5.75 Å². The van der Waals surface area contributed by atoms with Crippen LogP contribution in [-0.2, 0) is 37.2 Å². The van der Waals surface area contributed by atoms with E-state index < -0.39 is 45.5 Å². The van der Waals surface area contributed by atoms with Crippen LogP contribution in [-0.4, -0.2) is 37.9 Å². The summed E-state index contributed by atoms with van der Waals surface area (Å²) in [5.41, 5.74) is 7.53. The molecule has 3 rings (SSSR count). The first-order valence-electron chi connectivity index (χ1n) is 11.7. The van der Waals surface area contributed by atoms with Crippen LogP contribution in [0.1, 0.15) is 18.1 Å². The van der Waals surface area contributed by atoms with Gasteiger partial charge in [-0.1, -0.05) is 60.7 Å². The van der Waals surface area contributed by atoms with Crippen molar-refractivity contribution < 1.29 is 27.2 Å². The number of carbonyl (C=O) groups is 3. The zero-order valence-corrected chi connectivity index (χ0v) is 22.3. The molecule has 0 aromatic heterocycles. The molecule has 0 bridgehead atoms. The Kier molecular flexibility index (Phi) is 9.65. The molecular weight excluding hydrogens is 529 g/mol. The van der Waals surface area contributed by atoms with Gasteiger partial charge in [0.25, 0.3) is 10.0 Å². The number of rotatable bonds is 11. The fourth-order valence-electron chi connectivity index (χ4n) is 3.92. The van der Waals surface area contributed by atoms with Crippen LogP contribution in [0, 0.1) is 11.7 Å². The fraction of sp³-hybridized carbons (Fsp3) is 0.222. The Morgan fingerprint density at radius 3 is 2.18 bits per heavy atom. The van der Waals surface area contributed by atoms with Gasteiger partial charge in [-0.3, -0.25) is 14.4 Å². The number of nitrogens with two attached hydrogens (primary N) is 1. The predicted molar refractivity (Wildman–Crippen MR) is 145 cm³/mol. The average Bonchev–Trinajstić information content (AvgIpc) is 2.87. The van der Waals surface area contributed by atoms with Crippen LogP contribution in [0.25, 0.3) is 11.1 Å². The van der Waals surface area contributed by atoms with Gasteiger partial charge in [-0.2, -0.15) is 12.6 Å². The van der Waals surface area contributed by atoms with E-state index in [1.165, 1.54) is 12.1 Å². The van der Waals surface area contributed by atoms with E-state index in [9.17, 15) is 27.2 Å². The van der Waals surface area contributed by atoms with E-state index in [0.717, 1.165) is 6.92 Å². The van der Waals surface area contributed by atoms with Gasteiger partial charge in [0.2, 0.25) is 17.7 Å². The van der Waals surface area contributed by atoms with Crippen molar-refractivity contribution in [2.24, 2.45) is 11.7 Å². The third-order valence-corrected chi connectivity index (χ3v) is 7.77. The fourth-order valence-corrected chi connectivity index (χ4v) is 5.44. The number of hydrogen-bond donors (Lipinski definition) is 4. The molecule has 3 aromatic carbocycles. The van der Waals surface area contributed by atoms with Crippen LogP contribution in [0.15, 0.2) is 77.7 Å². The van der Waals surface area contributed by atoms with Crippen LogP contribution in [0.2, 0.25) is 0 Å². The molecule has 0 radical (unpaired) electrons. The standard InChI is InChI=1S/C27H28FN3O5S2/c1-17(32)31-38(35,36)25-9-5-3-7-22(25)19-12-10-18(11-13-19)14-24(26(29)33)30-27(34)21(16-37)15-20-6-2-4-8-23(20)28/h2-13,21,24,37H,14-16H2,1H3,(H2,29,33)(H,30,34)(H,31,32)/t21-,24?/m1/s1. The normalized spacial score (nSPS) is 12.8. The van der Waals surface area contributed by atoms with Gasteiger partial charge in [0.15, 0.2) is 0 Å². The molecule has 0 aliphatic rings. The van der Waals surface area contributed by atoms with Crippen molar-refractivity contribution in [1.82, 2.24) is 10.0 Å². The number of hydrogen-bond acceptors (Lipinski definition) is 6. The molecule has 1 unspecified atom stereocenters. The van der Waals surface area contributed by atoms with E-state index in [-0.39, 0.29) is 23.5 Å². The number of primary amides is 1. The molecule has 4 N–H and O–H groups in total. The minimum atomic E-state index is -4.07. The van der Waals surface area contributed by atoms with Crippen LogP contribution < -0.4 is 15.8 Å². The number of thiol groups is 1. The van der Waals surface area contributed by atoms with Gasteiger partial charge in [-0.25, -0.2) is 17.5 Å². The molecule has 0 aliphatic heterocycles. The number of halogens is 1. The van der Waals surface area contributed by atoms with Gasteiger partial charge in [-0.15, -0.1) is 0 Å². The lowest BCUT2D eigenvalue weighted by molar-refractivity contribution is -0.129. The first-order chi connectivity index (χ1) is 18.0. The lowest BCUT2D eigenvalue weighted by Crippen LogP contribution is -2.48. The highest BCUT2D eigenvalue weighted by Crippen LogP contribution is 2.27. The molecule has 0 saturated carbocycles. The van der Waals surface area contributed by atoms with Crippen molar-refractivity contribution in [3.63, 3.8) is 0 Å². The van der Waals surface area contributed by atoms with Gasteiger partial charge in [0, 0.05) is 24.7 Å². The van der Waals surface area contributed by atoms with Gasteiger partial charge < -0.3 is 11.1 Å². The second-order valence-corrected chi connectivity index (χ2v) is 10.7. The topological polar surface area (TPSA) is 135 Å². The maximum absolute atomic E-state index is 14.0. The van der Waals surface area contributed by atoms with Crippen molar-refractivity contribution in [3.8, 4) is 11.1 Å². The van der Waals surface area contributed by atoms with Crippen LogP contribution in [0.4, 0.5) is 4.39 Å². The van der Waals surface area contributed by atoms with E-state index in [1.54, 1.807) is 60.7 Å². The molecule has 200 valence electrons. The monoisotopic (exact) mass is 557 g/mol. The maximum Gasteiger partial charge on any atom is 0.264 e. The number of amides is 3. The summed E-state index contributed by atoms with van der Waals surface area (Å²) in [4.78, 5) is 36.3. The van der Waals surface area contributed by atoms with Gasteiger partial charge >= 0.3 is 0 Å². The van der Waals surface area contributed by atoms with Crippen molar-refractivity contribution in [2.45, 2.75) is 30.7 Å². The highest BCUT2D eigenvalue weighted by atomic mass is 32.2. The van der Waals surface area contributed by atoms with Gasteiger partial charge in [-0.05, 0) is 35.2 Å². The maximum atomic E-state index is 14.0. The van der Waals surface area contributed by atoms with Crippen molar-refractivity contribution >= 4 is 40.4 Å². The second-order valence-electron chi connectivity index (χ2n) is 8.70. The predicted octanol–water partition coefficient (Wildman–Crippen LogP) is 2.62. The second kappa shape index (κ2) is 12.7. The lowest BCUT2D eigenvalue weighted by atomic mass is 9.97. The summed E-state index contributed by atoms with van der Waals surface area (Å²) in [5.74, 6) is -2.88. The lowest BCUT2D eigenvalue weighted by Gasteiger charge is -2.20. The van der Waals surface area contributed by atoms with E-state index in [2.05, 4.69) is 17.9 Å². The van der Waals surface area contributed by atoms with Crippen LogP contribution >= 0.6 is 12.6 Å². The van der Waals surface area contributed by atoms with E-state index in [1.807, 2.05) is 4.72 Å². The quantitative estimate of drug-likeness (QED) is 0.269. The Balaban J connectivity index is 1.76. The summed E-state index contributed by atoms with van der Waals surface area (Å²) in [6.07, 6.45) is 0.204. The Hall–Kier alpha value is -3.70. The molecule has 3 amide bonds. The number of sulfonamides is 1. The summed E-state index contributed by atoms with van der Waals surface area (Å²) in [7, 11) is -4.07. The Labute approximate surface area is 226 Å². The van der Waals surface area contributed by atoms with Crippen LogP contribution in [0.3, 0.4) is 0 Å². The minimum absolute atomic E-state index is 0.0575. The summed E-state index contributed by atoms with van der Waals surface area (Å²) in [6, 6.07) is 18.1. The molecule has 3 aromatic rings. The summed E-state index contributed by atoms with van der Waals surface area (Å²) >= 11 is 4.22. The smallest absolute Gasteiger partial charge is 0.264 e. The molecule has 38 heavy (non-hydrogen) atoms. The SMILES string of the molecule is CC(=O)NS(=O)(=O)c1ccccc1-c1ccc(CC(NC(=O)[C@@H](CS)Cc2ccccc2F)C(N)=O)cc1. The zero-order chi connectivity index (χ0) is 27.9. The first-order valence-corrected chi connectivity index (χ1v) is 13.8. The summed E-state index contributed by atoms with van der Waals surface area (Å²) < 4.78 is 41.2. The van der Waals surface area contributed by atoms with Gasteiger partial charge in [0.1, 0.15) is 11.9 Å². The molecular formula is C27H28FN3O5S2. The minimum Gasteiger partial charge on any atom is -0.368 e. The first kappa shape index (κ1) is 28.9. The third kappa shape index (κ3) is 7.42. The van der Waals surface area contributed by atoms with E-state index >= 15 is 0 Å². The highest BCUT2D eigenvalue weighted by molar-refractivity contribution is 7.90. The van der Waals surface area contributed by atoms with E-state index in [4.69, 9.17) is 5.73 Å². The molecule has 0 heterocycles. The molecule has 0 aliphatic carbocycles. The Bertz CT molecular complexity index is 1430. The number of nitrogens with one attached hydrogen (secondary N) is 2. The van der Waals surface area contributed by atoms with Crippen LogP contribution in [0.5, 0.6) is 0 Å². The number of carbonyl (C=O) groups excluding carboxylic acids is 3. The highest BCUT2D eigenvalue weighted by Gasteiger charge is 2.25. The zero-order valence-electron chi connectivity index (χ0n) is 20.6. The molecule has 0 saturated heterocycles. The molecule has 8 nitrogen and oxygen atoms in total. The third-order valence-electron chi connectivity index (χ3n) is 5.83. The van der Waals surface area contributed by atoms with Crippen molar-refractivity contribution in [3.05, 3.63) is 89.7 Å². The Morgan fingerprint density at radius 1 is 0.947 bits per heavy atom. The molecule has 0 fully saturated rings. The Morgan fingerprint density at radius 2 is 1.58 bits per heavy atom. The average molecular weight is 558 g/mol. The molecule has 2 atom stereocenters.